The van der Waals surface area contributed by atoms with E-state index in [2.05, 4.69) is 10.6 Å². The van der Waals surface area contributed by atoms with Crippen molar-refractivity contribution in [3.63, 3.8) is 0 Å². The van der Waals surface area contributed by atoms with Gasteiger partial charge in [-0.15, -0.1) is 0 Å². The predicted octanol–water partition coefficient (Wildman–Crippen LogP) is -3.09. The van der Waals surface area contributed by atoms with Gasteiger partial charge in [-0.3, -0.25) is 24.6 Å². The standard InChI is InChI=1S/C11H25N5O7S2/c1-15-9(12)14-11(17)16(2)10(15)13-7-5-6(24(18,19)20)3-4-8(7)25(21,22)23/h6-11,13-14,17H,3-5,12H2,1-2H3,(H,18,19,20)(H,21,22,23). The highest BCUT2D eigenvalue weighted by Crippen LogP contribution is 2.29. The van der Waals surface area contributed by atoms with E-state index in [0.29, 0.717) is 0 Å². The maximum atomic E-state index is 11.7. The molecule has 1 saturated heterocycles. The molecule has 1 aliphatic heterocycles. The van der Waals surface area contributed by atoms with Gasteiger partial charge in [0.05, 0.1) is 5.25 Å². The molecule has 12 nitrogen and oxygen atoms in total. The van der Waals surface area contributed by atoms with Gasteiger partial charge in [0.2, 0.25) is 0 Å². The van der Waals surface area contributed by atoms with E-state index in [0.717, 1.165) is 0 Å². The Bertz CT molecular complexity index is 673. The molecular weight excluding hydrogens is 378 g/mol. The zero-order valence-corrected chi connectivity index (χ0v) is 15.5. The Morgan fingerprint density at radius 1 is 1.08 bits per heavy atom. The van der Waals surface area contributed by atoms with Crippen LogP contribution in [-0.4, -0.2) is 90.4 Å². The van der Waals surface area contributed by atoms with Crippen molar-refractivity contribution in [3.05, 3.63) is 0 Å². The third-order valence-electron chi connectivity index (χ3n) is 4.82. The molecule has 0 radical (unpaired) electrons. The number of rotatable bonds is 4. The third-order valence-corrected chi connectivity index (χ3v) is 7.42. The van der Waals surface area contributed by atoms with Crippen LogP contribution in [0.5, 0.6) is 0 Å². The van der Waals surface area contributed by atoms with Gasteiger partial charge in [-0.25, -0.2) is 4.90 Å². The lowest BCUT2D eigenvalue weighted by molar-refractivity contribution is -0.156. The van der Waals surface area contributed by atoms with Gasteiger partial charge in [0.25, 0.3) is 20.2 Å². The lowest BCUT2D eigenvalue weighted by Gasteiger charge is -2.49. The third kappa shape index (κ3) is 4.65. The summed E-state index contributed by atoms with van der Waals surface area (Å²) in [4.78, 5) is 2.98. The molecule has 1 heterocycles. The minimum atomic E-state index is -4.44. The first-order chi connectivity index (χ1) is 11.3. The maximum Gasteiger partial charge on any atom is 0.269 e. The van der Waals surface area contributed by atoms with Gasteiger partial charge < -0.3 is 10.8 Å². The highest BCUT2D eigenvalue weighted by molar-refractivity contribution is 7.87. The average molecular weight is 403 g/mol. The maximum absolute atomic E-state index is 11.7. The molecule has 14 heteroatoms. The van der Waals surface area contributed by atoms with Crippen molar-refractivity contribution in [2.24, 2.45) is 5.73 Å². The van der Waals surface area contributed by atoms with Crippen molar-refractivity contribution in [3.8, 4) is 0 Å². The van der Waals surface area contributed by atoms with Crippen LogP contribution in [0.4, 0.5) is 0 Å². The first-order valence-electron chi connectivity index (χ1n) is 7.64. The minimum absolute atomic E-state index is 0.0818. The topological polar surface area (TPSA) is 186 Å². The van der Waals surface area contributed by atoms with Gasteiger partial charge in [0.15, 0.2) is 6.35 Å². The van der Waals surface area contributed by atoms with Crippen LogP contribution in [0, 0.1) is 0 Å². The first-order valence-corrected chi connectivity index (χ1v) is 10.6. The summed E-state index contributed by atoms with van der Waals surface area (Å²) in [6, 6.07) is -0.969. The SMILES string of the molecule is CN1C(N)NC(O)N(C)C1NC1CC(S(=O)(=O)O)CCC1S(=O)(=O)O. The Balaban J connectivity index is 2.27. The molecule has 25 heavy (non-hydrogen) atoms. The number of hydrogen-bond acceptors (Lipinski definition) is 10. The molecule has 2 fully saturated rings. The molecular formula is C11H25N5O7S2. The Morgan fingerprint density at radius 3 is 2.20 bits per heavy atom. The van der Waals surface area contributed by atoms with Crippen LogP contribution in [0.15, 0.2) is 0 Å². The van der Waals surface area contributed by atoms with Crippen LogP contribution in [-0.2, 0) is 20.2 Å². The van der Waals surface area contributed by atoms with Crippen LogP contribution in [0.3, 0.4) is 0 Å². The molecule has 148 valence electrons. The first kappa shape index (κ1) is 20.9. The molecule has 2 rings (SSSR count). The van der Waals surface area contributed by atoms with E-state index < -0.39 is 55.7 Å². The highest BCUT2D eigenvalue weighted by Gasteiger charge is 2.44. The van der Waals surface area contributed by atoms with Crippen LogP contribution >= 0.6 is 0 Å². The summed E-state index contributed by atoms with van der Waals surface area (Å²) < 4.78 is 65.0. The average Bonchev–Trinajstić information content (AvgIpc) is 2.47. The summed E-state index contributed by atoms with van der Waals surface area (Å²) in [6.45, 7) is 0. The van der Waals surface area contributed by atoms with E-state index in [4.69, 9.17) is 5.73 Å². The molecule has 0 aromatic heterocycles. The molecule has 1 aliphatic carbocycles. The van der Waals surface area contributed by atoms with Crippen LogP contribution in [0.2, 0.25) is 0 Å². The summed E-state index contributed by atoms with van der Waals surface area (Å²) in [5, 5.41) is 13.2. The molecule has 1 saturated carbocycles. The van der Waals surface area contributed by atoms with Crippen molar-refractivity contribution in [1.29, 1.82) is 0 Å². The number of hydrogen-bond donors (Lipinski definition) is 6. The second-order valence-electron chi connectivity index (χ2n) is 6.47. The second-order valence-corrected chi connectivity index (χ2v) is 9.80. The van der Waals surface area contributed by atoms with Gasteiger partial charge >= 0.3 is 0 Å². The predicted molar refractivity (Wildman–Crippen MR) is 87.9 cm³/mol. The lowest BCUT2D eigenvalue weighted by Crippen LogP contribution is -2.75. The molecule has 6 unspecified atom stereocenters. The quantitative estimate of drug-likeness (QED) is 0.260. The summed E-state index contributed by atoms with van der Waals surface area (Å²) in [7, 11) is -5.63. The molecule has 2 aliphatic rings. The molecule has 0 bridgehead atoms. The normalized spacial score (nSPS) is 39.4. The smallest absolute Gasteiger partial charge is 0.269 e. The zero-order valence-electron chi connectivity index (χ0n) is 13.8. The second kappa shape index (κ2) is 7.30. The van der Waals surface area contributed by atoms with E-state index >= 15 is 0 Å². The van der Waals surface area contributed by atoms with Crippen molar-refractivity contribution in [2.75, 3.05) is 14.1 Å². The van der Waals surface area contributed by atoms with E-state index in [9.17, 15) is 31.0 Å². The molecule has 7 N–H and O–H groups in total. The molecule has 0 spiro atoms. The summed E-state index contributed by atoms with van der Waals surface area (Å²) >= 11 is 0. The summed E-state index contributed by atoms with van der Waals surface area (Å²) in [6.07, 6.45) is -3.02. The van der Waals surface area contributed by atoms with Crippen LogP contribution in [0.25, 0.3) is 0 Å². The van der Waals surface area contributed by atoms with Gasteiger partial charge in [-0.2, -0.15) is 16.8 Å². The Labute approximate surface area is 146 Å². The molecule has 6 atom stereocenters. The molecule has 0 aromatic rings. The van der Waals surface area contributed by atoms with Crippen LogP contribution in [0.1, 0.15) is 19.3 Å². The van der Waals surface area contributed by atoms with Crippen molar-refractivity contribution >= 4 is 20.2 Å². The van der Waals surface area contributed by atoms with Gasteiger partial charge in [0, 0.05) is 6.04 Å². The largest absolute Gasteiger partial charge is 0.365 e. The van der Waals surface area contributed by atoms with Crippen molar-refractivity contribution in [1.82, 2.24) is 20.4 Å². The lowest BCUT2D eigenvalue weighted by atomic mass is 9.94. The number of aliphatic hydroxyl groups excluding tert-OH is 1. The Kier molecular flexibility index (Phi) is 6.10. The van der Waals surface area contributed by atoms with Crippen molar-refractivity contribution in [2.45, 2.75) is 54.7 Å². The number of aliphatic hydroxyl groups is 1. The highest BCUT2D eigenvalue weighted by atomic mass is 32.2. The Hall–Kier alpha value is -0.420. The monoisotopic (exact) mass is 403 g/mol. The van der Waals surface area contributed by atoms with Crippen molar-refractivity contribution < 1.29 is 31.0 Å². The molecule has 0 amide bonds. The molecule has 0 aromatic carbocycles. The fraction of sp³-hybridized carbons (Fsp3) is 1.00. The van der Waals surface area contributed by atoms with Crippen LogP contribution < -0.4 is 16.4 Å². The number of nitrogens with two attached hydrogens (primary N) is 1. The fourth-order valence-corrected chi connectivity index (χ4v) is 5.22. The minimum Gasteiger partial charge on any atom is -0.365 e. The summed E-state index contributed by atoms with van der Waals surface area (Å²) in [5.74, 6) is 0. The van der Waals surface area contributed by atoms with E-state index in [1.165, 1.54) is 4.90 Å². The van der Waals surface area contributed by atoms with Gasteiger partial charge in [0.1, 0.15) is 17.8 Å². The van der Waals surface area contributed by atoms with Gasteiger partial charge in [-0.1, -0.05) is 0 Å². The fourth-order valence-electron chi connectivity index (χ4n) is 3.29. The van der Waals surface area contributed by atoms with E-state index in [-0.39, 0.29) is 19.3 Å². The van der Waals surface area contributed by atoms with E-state index in [1.54, 1.807) is 19.0 Å². The number of nitrogens with zero attached hydrogens (tertiary/aromatic N) is 2. The van der Waals surface area contributed by atoms with E-state index in [1.807, 2.05) is 0 Å². The Morgan fingerprint density at radius 2 is 1.68 bits per heavy atom. The summed E-state index contributed by atoms with van der Waals surface area (Å²) in [5.41, 5.74) is 5.83. The zero-order chi connectivity index (χ0) is 19.2. The van der Waals surface area contributed by atoms with Gasteiger partial charge in [-0.05, 0) is 33.4 Å². The number of nitrogens with one attached hydrogen (secondary N) is 2.